The van der Waals surface area contributed by atoms with Gasteiger partial charge in [-0.1, -0.05) is 41.9 Å². The molecule has 2 aromatic heterocycles. The van der Waals surface area contributed by atoms with Gasteiger partial charge < -0.3 is 14.9 Å². The summed E-state index contributed by atoms with van der Waals surface area (Å²) in [6.07, 6.45) is 6.81. The minimum Gasteiger partial charge on any atom is -0.484 e. The first-order chi connectivity index (χ1) is 16.6. The van der Waals surface area contributed by atoms with Crippen LogP contribution in [0.15, 0.2) is 77.3 Å². The molecule has 2 aliphatic carbocycles. The summed E-state index contributed by atoms with van der Waals surface area (Å²) in [5.41, 5.74) is 10.2. The Bertz CT molecular complexity index is 1270. The van der Waals surface area contributed by atoms with E-state index in [1.165, 1.54) is 36.8 Å². The first-order valence-corrected chi connectivity index (χ1v) is 12.0. The highest BCUT2D eigenvalue weighted by Gasteiger charge is 2.52. The molecule has 2 aromatic carbocycles. The van der Waals surface area contributed by atoms with Crippen LogP contribution < -0.4 is 10.5 Å². The first-order valence-electron chi connectivity index (χ1n) is 12.0. The SMILES string of the molecule is CC(Oc1ccc([C@@]2(c3ccc(-c4nnc(N)o4)cc3)C[C@@H]3CC[C@H]2C3)cc1)c1ccccn1. The number of hydrogen-bond donors (Lipinski definition) is 1. The number of fused-ring (bicyclic) bond motifs is 2. The number of rotatable bonds is 6. The van der Waals surface area contributed by atoms with E-state index in [1.54, 1.807) is 6.20 Å². The number of nitrogens with two attached hydrogens (primary N) is 1. The van der Waals surface area contributed by atoms with Gasteiger partial charge in [0.1, 0.15) is 11.9 Å². The summed E-state index contributed by atoms with van der Waals surface area (Å²) in [5, 5.41) is 7.80. The molecular formula is C28H28N4O2. The highest BCUT2D eigenvalue weighted by atomic mass is 16.5. The molecule has 2 heterocycles. The number of ether oxygens (including phenoxy) is 1. The van der Waals surface area contributed by atoms with Gasteiger partial charge in [-0.05, 0) is 85.5 Å². The van der Waals surface area contributed by atoms with Crippen LogP contribution in [0, 0.1) is 11.8 Å². The van der Waals surface area contributed by atoms with E-state index in [0.29, 0.717) is 11.8 Å². The lowest BCUT2D eigenvalue weighted by molar-refractivity contribution is 0.221. The average Bonchev–Trinajstić information content (AvgIpc) is 3.62. The maximum Gasteiger partial charge on any atom is 0.313 e. The van der Waals surface area contributed by atoms with Crippen LogP contribution in [0.4, 0.5) is 6.01 Å². The van der Waals surface area contributed by atoms with Crippen molar-refractivity contribution in [3.8, 4) is 17.2 Å². The molecule has 0 spiro atoms. The Hall–Kier alpha value is -3.67. The van der Waals surface area contributed by atoms with E-state index in [9.17, 15) is 0 Å². The predicted molar refractivity (Wildman–Crippen MR) is 130 cm³/mol. The van der Waals surface area contributed by atoms with Crippen molar-refractivity contribution in [3.63, 3.8) is 0 Å². The fraction of sp³-hybridized carbons (Fsp3) is 0.321. The summed E-state index contributed by atoms with van der Waals surface area (Å²) in [5.74, 6) is 2.77. The van der Waals surface area contributed by atoms with Crippen LogP contribution in [0.5, 0.6) is 5.75 Å². The zero-order valence-corrected chi connectivity index (χ0v) is 19.2. The predicted octanol–water partition coefficient (Wildman–Crippen LogP) is 5.96. The third-order valence-electron chi connectivity index (χ3n) is 7.72. The van der Waals surface area contributed by atoms with E-state index in [2.05, 4.69) is 63.7 Å². The molecule has 34 heavy (non-hydrogen) atoms. The molecule has 6 rings (SSSR count). The normalized spacial score (nSPS) is 24.3. The fourth-order valence-corrected chi connectivity index (χ4v) is 6.18. The number of aromatic nitrogens is 3. The number of benzene rings is 2. The Kier molecular flexibility index (Phi) is 5.09. The van der Waals surface area contributed by atoms with E-state index in [4.69, 9.17) is 14.9 Å². The van der Waals surface area contributed by atoms with Crippen LogP contribution in [0.25, 0.3) is 11.5 Å². The minimum atomic E-state index is -0.102. The molecule has 0 amide bonds. The summed E-state index contributed by atoms with van der Waals surface area (Å²) in [7, 11) is 0. The highest BCUT2D eigenvalue weighted by molar-refractivity contribution is 5.56. The molecule has 0 aliphatic heterocycles. The third kappa shape index (κ3) is 3.54. The lowest BCUT2D eigenvalue weighted by Gasteiger charge is -2.39. The molecule has 1 unspecified atom stereocenters. The highest BCUT2D eigenvalue weighted by Crippen LogP contribution is 2.60. The average molecular weight is 453 g/mol. The second-order valence-corrected chi connectivity index (χ2v) is 9.61. The van der Waals surface area contributed by atoms with Gasteiger partial charge in [-0.2, -0.15) is 0 Å². The van der Waals surface area contributed by atoms with Gasteiger partial charge in [0, 0.05) is 17.2 Å². The molecule has 4 atom stereocenters. The number of hydrogen-bond acceptors (Lipinski definition) is 6. The Labute approximate surface area is 199 Å². The Balaban J connectivity index is 1.30. The maximum atomic E-state index is 6.19. The summed E-state index contributed by atoms with van der Waals surface area (Å²) in [6.45, 7) is 2.03. The molecule has 0 radical (unpaired) electrons. The van der Waals surface area contributed by atoms with Crippen LogP contribution in [0.1, 0.15) is 55.5 Å². The third-order valence-corrected chi connectivity index (χ3v) is 7.72. The van der Waals surface area contributed by atoms with Gasteiger partial charge in [0.05, 0.1) is 5.69 Å². The molecule has 2 aliphatic rings. The van der Waals surface area contributed by atoms with Crippen molar-refractivity contribution >= 4 is 6.01 Å². The quantitative estimate of drug-likeness (QED) is 0.388. The first kappa shape index (κ1) is 20.9. The van der Waals surface area contributed by atoms with E-state index in [-0.39, 0.29) is 17.5 Å². The maximum absolute atomic E-state index is 6.19. The molecule has 6 nitrogen and oxygen atoms in total. The van der Waals surface area contributed by atoms with Crippen molar-refractivity contribution in [3.05, 3.63) is 89.7 Å². The monoisotopic (exact) mass is 452 g/mol. The van der Waals surface area contributed by atoms with E-state index >= 15 is 0 Å². The Morgan fingerprint density at radius 3 is 2.32 bits per heavy atom. The standard InChI is InChI=1S/C28H28N4O2/c1-18(25-4-2-3-15-30-25)33-24-13-11-22(12-14-24)28(17-19-5-8-23(28)16-19)21-9-6-20(7-10-21)26-31-32-27(29)34-26/h2-4,6-7,9-15,18-19,23H,5,8,16-17H2,1H3,(H2,29,32)/t18?,19-,23+,28+/m1/s1. The lowest BCUT2D eigenvalue weighted by Crippen LogP contribution is -2.34. The molecule has 172 valence electrons. The van der Waals surface area contributed by atoms with Gasteiger partial charge in [-0.3, -0.25) is 4.98 Å². The second-order valence-electron chi connectivity index (χ2n) is 9.61. The Morgan fingerprint density at radius 2 is 1.74 bits per heavy atom. The fourth-order valence-electron chi connectivity index (χ4n) is 6.18. The number of nitrogen functional groups attached to an aromatic ring is 1. The van der Waals surface area contributed by atoms with Gasteiger partial charge in [0.2, 0.25) is 5.89 Å². The number of anilines is 1. The summed E-state index contributed by atoms with van der Waals surface area (Å²) in [4.78, 5) is 4.42. The van der Waals surface area contributed by atoms with Crippen LogP contribution >= 0.6 is 0 Å². The molecule has 2 N–H and O–H groups in total. The Morgan fingerprint density at radius 1 is 0.971 bits per heavy atom. The van der Waals surface area contributed by atoms with Crippen molar-refractivity contribution in [1.29, 1.82) is 0 Å². The number of nitrogens with zero attached hydrogens (tertiary/aromatic N) is 3. The van der Waals surface area contributed by atoms with Crippen molar-refractivity contribution < 1.29 is 9.15 Å². The van der Waals surface area contributed by atoms with Crippen LogP contribution in [-0.4, -0.2) is 15.2 Å². The largest absolute Gasteiger partial charge is 0.484 e. The van der Waals surface area contributed by atoms with E-state index in [1.807, 2.05) is 25.1 Å². The summed E-state index contributed by atoms with van der Waals surface area (Å²) < 4.78 is 11.6. The van der Waals surface area contributed by atoms with Gasteiger partial charge in [0.25, 0.3) is 0 Å². The van der Waals surface area contributed by atoms with Crippen LogP contribution in [0.2, 0.25) is 0 Å². The summed E-state index contributed by atoms with van der Waals surface area (Å²) in [6, 6.07) is 23.3. The molecular weight excluding hydrogens is 424 g/mol. The van der Waals surface area contributed by atoms with Gasteiger partial charge >= 0.3 is 6.01 Å². The zero-order valence-electron chi connectivity index (χ0n) is 19.2. The lowest BCUT2D eigenvalue weighted by atomic mass is 9.64. The van der Waals surface area contributed by atoms with Crippen LogP contribution in [0.3, 0.4) is 0 Å². The molecule has 2 fully saturated rings. The van der Waals surface area contributed by atoms with E-state index in [0.717, 1.165) is 22.9 Å². The van der Waals surface area contributed by atoms with Crippen molar-refractivity contribution in [2.45, 2.75) is 44.1 Å². The zero-order chi connectivity index (χ0) is 23.1. The van der Waals surface area contributed by atoms with Crippen LogP contribution in [-0.2, 0) is 5.41 Å². The van der Waals surface area contributed by atoms with Crippen molar-refractivity contribution in [1.82, 2.24) is 15.2 Å². The molecule has 2 saturated carbocycles. The second kappa shape index (κ2) is 8.28. The summed E-state index contributed by atoms with van der Waals surface area (Å²) >= 11 is 0. The smallest absolute Gasteiger partial charge is 0.313 e. The topological polar surface area (TPSA) is 87.1 Å². The van der Waals surface area contributed by atoms with Crippen molar-refractivity contribution in [2.24, 2.45) is 11.8 Å². The number of pyridine rings is 1. The van der Waals surface area contributed by atoms with Crippen molar-refractivity contribution in [2.75, 3.05) is 5.73 Å². The van der Waals surface area contributed by atoms with Gasteiger partial charge in [-0.15, -0.1) is 5.10 Å². The van der Waals surface area contributed by atoms with Gasteiger partial charge in [0.15, 0.2) is 0 Å². The van der Waals surface area contributed by atoms with Gasteiger partial charge in [-0.25, -0.2) is 0 Å². The molecule has 6 heteroatoms. The molecule has 4 aromatic rings. The minimum absolute atomic E-state index is 0.0282. The molecule has 0 saturated heterocycles. The van der Waals surface area contributed by atoms with E-state index < -0.39 is 0 Å². The molecule has 2 bridgehead atoms.